The summed E-state index contributed by atoms with van der Waals surface area (Å²) in [5.41, 5.74) is 0. The predicted molar refractivity (Wildman–Crippen MR) is 63.3 cm³/mol. The molecular weight excluding hydrogens is 224 g/mol. The van der Waals surface area contributed by atoms with Gasteiger partial charge in [0.15, 0.2) is 0 Å². The Bertz CT molecular complexity index is 345. The van der Waals surface area contributed by atoms with Crippen LogP contribution in [0.15, 0.2) is 0 Å². The van der Waals surface area contributed by atoms with E-state index in [-0.39, 0.29) is 11.8 Å². The molecule has 0 saturated carbocycles. The van der Waals surface area contributed by atoms with Crippen molar-refractivity contribution >= 4 is 10.0 Å². The van der Waals surface area contributed by atoms with Crippen molar-refractivity contribution in [1.29, 1.82) is 5.26 Å². The molecule has 1 aliphatic heterocycles. The molecule has 1 rings (SSSR count). The molecule has 0 N–H and O–H groups in total. The van der Waals surface area contributed by atoms with Crippen LogP contribution in [0.4, 0.5) is 0 Å². The highest BCUT2D eigenvalue weighted by Crippen LogP contribution is 2.20. The largest absolute Gasteiger partial charge is 0.214 e. The van der Waals surface area contributed by atoms with Gasteiger partial charge in [0.25, 0.3) is 0 Å². The van der Waals surface area contributed by atoms with Gasteiger partial charge in [-0.2, -0.15) is 9.57 Å². The van der Waals surface area contributed by atoms with E-state index in [0.717, 1.165) is 19.3 Å². The van der Waals surface area contributed by atoms with E-state index in [0.29, 0.717) is 25.8 Å². The maximum Gasteiger partial charge on any atom is 0.214 e. The molecule has 5 heteroatoms. The highest BCUT2D eigenvalue weighted by atomic mass is 32.2. The zero-order valence-electron chi connectivity index (χ0n) is 9.85. The average molecular weight is 244 g/mol. The molecular formula is C11H20N2O2S. The quantitative estimate of drug-likeness (QED) is 0.694. The van der Waals surface area contributed by atoms with Crippen LogP contribution in [0.1, 0.15) is 45.4 Å². The molecule has 0 spiro atoms. The SMILES string of the molecule is CC1CCCCN1S(=O)(=O)CCCCC#N. The van der Waals surface area contributed by atoms with Crippen LogP contribution in [0, 0.1) is 11.3 Å². The first-order chi connectivity index (χ1) is 7.58. The minimum atomic E-state index is -3.09. The Morgan fingerprint density at radius 1 is 1.38 bits per heavy atom. The summed E-state index contributed by atoms with van der Waals surface area (Å²) in [7, 11) is -3.09. The molecule has 0 aliphatic carbocycles. The van der Waals surface area contributed by atoms with Crippen LogP contribution in [0.25, 0.3) is 0 Å². The summed E-state index contributed by atoms with van der Waals surface area (Å²) in [4.78, 5) is 0. The van der Waals surface area contributed by atoms with Crippen molar-refractivity contribution in [2.45, 2.75) is 51.5 Å². The number of nitrogens with zero attached hydrogens (tertiary/aromatic N) is 2. The number of piperidine rings is 1. The Balaban J connectivity index is 2.46. The van der Waals surface area contributed by atoms with Crippen LogP contribution in [0.3, 0.4) is 0 Å². The summed E-state index contributed by atoms with van der Waals surface area (Å²) in [6, 6.07) is 2.18. The van der Waals surface area contributed by atoms with Crippen molar-refractivity contribution in [2.75, 3.05) is 12.3 Å². The maximum absolute atomic E-state index is 12.0. The molecule has 1 unspecified atom stereocenters. The number of unbranched alkanes of at least 4 members (excludes halogenated alkanes) is 2. The molecule has 0 aromatic carbocycles. The van der Waals surface area contributed by atoms with Gasteiger partial charge in [-0.1, -0.05) is 6.42 Å². The van der Waals surface area contributed by atoms with Gasteiger partial charge in [-0.05, 0) is 32.6 Å². The standard InChI is InChI=1S/C11H20N2O2S/c1-11-7-3-5-9-13(11)16(14,15)10-6-2-4-8-12/h11H,2-7,9-10H2,1H3. The van der Waals surface area contributed by atoms with Gasteiger partial charge in [0.1, 0.15) is 0 Å². The fourth-order valence-corrected chi connectivity index (χ4v) is 3.96. The van der Waals surface area contributed by atoms with E-state index < -0.39 is 10.0 Å². The van der Waals surface area contributed by atoms with Crippen molar-refractivity contribution in [3.05, 3.63) is 0 Å². The summed E-state index contributed by atoms with van der Waals surface area (Å²) in [6.45, 7) is 2.65. The van der Waals surface area contributed by atoms with Crippen molar-refractivity contribution in [2.24, 2.45) is 0 Å². The molecule has 0 aromatic heterocycles. The number of hydrogen-bond donors (Lipinski definition) is 0. The van der Waals surface area contributed by atoms with E-state index in [1.807, 2.05) is 13.0 Å². The first-order valence-corrected chi connectivity index (χ1v) is 7.55. The number of hydrogen-bond acceptors (Lipinski definition) is 3. The normalized spacial score (nSPS) is 22.9. The molecule has 4 nitrogen and oxygen atoms in total. The first kappa shape index (κ1) is 13.5. The van der Waals surface area contributed by atoms with Crippen molar-refractivity contribution in [3.8, 4) is 6.07 Å². The molecule has 1 atom stereocenters. The number of rotatable bonds is 5. The summed E-state index contributed by atoms with van der Waals surface area (Å²) < 4.78 is 25.6. The topological polar surface area (TPSA) is 61.2 Å². The van der Waals surface area contributed by atoms with Crippen LogP contribution in [-0.4, -0.2) is 31.1 Å². The molecule has 16 heavy (non-hydrogen) atoms. The van der Waals surface area contributed by atoms with E-state index in [9.17, 15) is 8.42 Å². The summed E-state index contributed by atoms with van der Waals surface area (Å²) in [6.07, 6.45) is 4.79. The summed E-state index contributed by atoms with van der Waals surface area (Å²) >= 11 is 0. The van der Waals surface area contributed by atoms with Crippen molar-refractivity contribution in [3.63, 3.8) is 0 Å². The molecule has 0 aromatic rings. The molecule has 1 saturated heterocycles. The zero-order valence-corrected chi connectivity index (χ0v) is 10.7. The molecule has 0 bridgehead atoms. The van der Waals surface area contributed by atoms with Crippen LogP contribution >= 0.6 is 0 Å². The molecule has 0 amide bonds. The molecule has 1 fully saturated rings. The maximum atomic E-state index is 12.0. The number of nitriles is 1. The second kappa shape index (κ2) is 6.21. The van der Waals surface area contributed by atoms with Gasteiger partial charge in [-0.15, -0.1) is 0 Å². The van der Waals surface area contributed by atoms with E-state index in [1.165, 1.54) is 0 Å². The molecule has 1 aliphatic rings. The molecule has 0 radical (unpaired) electrons. The Morgan fingerprint density at radius 2 is 2.12 bits per heavy atom. The summed E-state index contributed by atoms with van der Waals surface area (Å²) in [5, 5.41) is 8.38. The minimum Gasteiger partial charge on any atom is -0.212 e. The Labute approximate surface area is 98.3 Å². The zero-order chi connectivity index (χ0) is 12.0. The Kier molecular flexibility index (Phi) is 5.23. The third-order valence-corrected chi connectivity index (χ3v) is 5.10. The second-order valence-corrected chi connectivity index (χ2v) is 6.43. The second-order valence-electron chi connectivity index (χ2n) is 4.39. The highest BCUT2D eigenvalue weighted by Gasteiger charge is 2.28. The predicted octanol–water partition coefficient (Wildman–Crippen LogP) is 1.88. The van der Waals surface area contributed by atoms with E-state index in [2.05, 4.69) is 0 Å². The van der Waals surface area contributed by atoms with Crippen molar-refractivity contribution in [1.82, 2.24) is 4.31 Å². The minimum absolute atomic E-state index is 0.148. The lowest BCUT2D eigenvalue weighted by molar-refractivity contribution is 0.268. The fraction of sp³-hybridized carbons (Fsp3) is 0.909. The average Bonchev–Trinajstić information content (AvgIpc) is 2.25. The van der Waals surface area contributed by atoms with Gasteiger partial charge >= 0.3 is 0 Å². The van der Waals surface area contributed by atoms with Gasteiger partial charge < -0.3 is 0 Å². The van der Waals surface area contributed by atoms with Crippen LogP contribution in [-0.2, 0) is 10.0 Å². The Morgan fingerprint density at radius 3 is 2.75 bits per heavy atom. The number of sulfonamides is 1. The smallest absolute Gasteiger partial charge is 0.212 e. The molecule has 92 valence electrons. The van der Waals surface area contributed by atoms with Crippen LogP contribution in [0.5, 0.6) is 0 Å². The lowest BCUT2D eigenvalue weighted by Crippen LogP contribution is -2.43. The van der Waals surface area contributed by atoms with Gasteiger partial charge in [0, 0.05) is 19.0 Å². The van der Waals surface area contributed by atoms with E-state index in [4.69, 9.17) is 5.26 Å². The van der Waals surface area contributed by atoms with Crippen LogP contribution < -0.4 is 0 Å². The lowest BCUT2D eigenvalue weighted by atomic mass is 10.1. The summed E-state index contributed by atoms with van der Waals surface area (Å²) in [5.74, 6) is 0.193. The van der Waals surface area contributed by atoms with Crippen molar-refractivity contribution < 1.29 is 8.42 Å². The van der Waals surface area contributed by atoms with Gasteiger partial charge in [-0.25, -0.2) is 8.42 Å². The first-order valence-electron chi connectivity index (χ1n) is 5.94. The third kappa shape index (κ3) is 3.76. The lowest BCUT2D eigenvalue weighted by Gasteiger charge is -2.32. The monoisotopic (exact) mass is 244 g/mol. The van der Waals surface area contributed by atoms with Gasteiger partial charge in [-0.3, -0.25) is 0 Å². The van der Waals surface area contributed by atoms with E-state index in [1.54, 1.807) is 4.31 Å². The third-order valence-electron chi connectivity index (χ3n) is 3.04. The van der Waals surface area contributed by atoms with Gasteiger partial charge in [0.2, 0.25) is 10.0 Å². The highest BCUT2D eigenvalue weighted by molar-refractivity contribution is 7.89. The molecule has 1 heterocycles. The van der Waals surface area contributed by atoms with Gasteiger partial charge in [0.05, 0.1) is 11.8 Å². The fourth-order valence-electron chi connectivity index (χ4n) is 2.09. The van der Waals surface area contributed by atoms with Crippen LogP contribution in [0.2, 0.25) is 0 Å². The Hall–Kier alpha value is -0.600. The van der Waals surface area contributed by atoms with E-state index >= 15 is 0 Å².